The number of hydrogen-bond donors (Lipinski definition) is 3. The van der Waals surface area contributed by atoms with Gasteiger partial charge in [-0.05, 0) is 68.5 Å². The quantitative estimate of drug-likeness (QED) is 0.0895. The first-order chi connectivity index (χ1) is 28.8. The van der Waals surface area contributed by atoms with Gasteiger partial charge in [0.25, 0.3) is 5.91 Å². The molecular formula is C43H50ClN9O6S. The van der Waals surface area contributed by atoms with Crippen molar-refractivity contribution in [2.24, 2.45) is 16.1 Å². The van der Waals surface area contributed by atoms with Crippen LogP contribution in [0.2, 0.25) is 5.02 Å². The number of primary amides is 1. The van der Waals surface area contributed by atoms with Crippen LogP contribution in [0.1, 0.15) is 92.4 Å². The number of rotatable bonds is 18. The number of halogens is 1. The Labute approximate surface area is 357 Å². The topological polar surface area (TPSA) is 190 Å². The van der Waals surface area contributed by atoms with Crippen LogP contribution >= 0.6 is 22.9 Å². The predicted octanol–water partition coefficient (Wildman–Crippen LogP) is 5.91. The number of Topliss-reactive ketones (excluding diaryl/α,β-unsaturated/α-hetero) is 1. The lowest BCUT2D eigenvalue weighted by atomic mass is 9.76. The molecule has 2 amide bonds. The summed E-state index contributed by atoms with van der Waals surface area (Å²) in [5, 5.41) is 21.2. The monoisotopic (exact) mass is 855 g/mol. The van der Waals surface area contributed by atoms with E-state index >= 15 is 0 Å². The van der Waals surface area contributed by atoms with Crippen LogP contribution in [0, 0.1) is 26.2 Å². The van der Waals surface area contributed by atoms with E-state index in [4.69, 9.17) is 36.5 Å². The van der Waals surface area contributed by atoms with Crippen LogP contribution in [0.5, 0.6) is 0 Å². The molecule has 2 aliphatic rings. The number of aromatic nitrogens is 5. The summed E-state index contributed by atoms with van der Waals surface area (Å²) in [6.45, 7) is 13.1. The number of thiophene rings is 1. The number of hydrogen-bond acceptors (Lipinski definition) is 12. The molecule has 316 valence electrons. The third-order valence-corrected chi connectivity index (χ3v) is 12.0. The number of fused-ring (bicyclic) bond motifs is 4. The molecule has 0 bridgehead atoms. The van der Waals surface area contributed by atoms with Gasteiger partial charge in [-0.3, -0.25) is 23.9 Å². The van der Waals surface area contributed by atoms with Gasteiger partial charge in [-0.15, -0.1) is 21.5 Å². The molecule has 1 atom stereocenters. The first kappa shape index (κ1) is 42.8. The van der Waals surface area contributed by atoms with Crippen molar-refractivity contribution in [2.45, 2.75) is 59.9 Å². The van der Waals surface area contributed by atoms with Crippen LogP contribution in [0.25, 0.3) is 10.7 Å². The summed E-state index contributed by atoms with van der Waals surface area (Å²) in [6.07, 6.45) is 2.91. The zero-order chi connectivity index (χ0) is 42.6. The molecule has 1 aliphatic carbocycles. The lowest BCUT2D eigenvalue weighted by molar-refractivity contribution is -0.121. The van der Waals surface area contributed by atoms with Crippen LogP contribution < -0.4 is 16.4 Å². The van der Waals surface area contributed by atoms with Crippen molar-refractivity contribution in [1.29, 1.82) is 0 Å². The van der Waals surface area contributed by atoms with Gasteiger partial charge in [0.1, 0.15) is 16.9 Å². The van der Waals surface area contributed by atoms with Crippen LogP contribution in [0.3, 0.4) is 0 Å². The molecule has 0 spiro atoms. The molecule has 0 unspecified atom stereocenters. The van der Waals surface area contributed by atoms with E-state index in [2.05, 4.69) is 53.6 Å². The normalized spacial score (nSPS) is 15.5. The Balaban J connectivity index is 0.815. The van der Waals surface area contributed by atoms with Gasteiger partial charge in [-0.1, -0.05) is 37.6 Å². The number of nitrogens with zero attached hydrogens (tertiary/aromatic N) is 6. The number of amides is 2. The van der Waals surface area contributed by atoms with Crippen LogP contribution in [0.4, 0.5) is 5.69 Å². The molecule has 15 nitrogen and oxygen atoms in total. The first-order valence-electron chi connectivity index (χ1n) is 20.0. The number of benzene rings is 2. The van der Waals surface area contributed by atoms with Gasteiger partial charge in [0, 0.05) is 46.2 Å². The Morgan fingerprint density at radius 3 is 2.37 bits per heavy atom. The minimum absolute atomic E-state index is 0.0862. The predicted molar refractivity (Wildman–Crippen MR) is 230 cm³/mol. The highest BCUT2D eigenvalue weighted by molar-refractivity contribution is 7.15. The molecule has 4 heterocycles. The fourth-order valence-corrected chi connectivity index (χ4v) is 8.85. The summed E-state index contributed by atoms with van der Waals surface area (Å²) in [5.41, 5.74) is 12.5. The molecule has 2 aromatic carbocycles. The summed E-state index contributed by atoms with van der Waals surface area (Å²) in [4.78, 5) is 44.4. The van der Waals surface area contributed by atoms with E-state index in [1.807, 2.05) is 41.8 Å². The van der Waals surface area contributed by atoms with Crippen molar-refractivity contribution in [3.05, 3.63) is 104 Å². The number of ketones is 1. The summed E-state index contributed by atoms with van der Waals surface area (Å²) >= 11 is 7.89. The van der Waals surface area contributed by atoms with E-state index in [1.165, 1.54) is 4.88 Å². The molecule has 60 heavy (non-hydrogen) atoms. The largest absolute Gasteiger partial charge is 0.382 e. The smallest absolute Gasteiger partial charge is 0.250 e. The molecule has 5 aromatic rings. The third-order valence-electron chi connectivity index (χ3n) is 10.6. The maximum absolute atomic E-state index is 13.2. The lowest BCUT2D eigenvalue weighted by Gasteiger charge is -2.29. The number of aryl methyl sites for hydroxylation is 2. The van der Waals surface area contributed by atoms with E-state index in [0.717, 1.165) is 44.6 Å². The Morgan fingerprint density at radius 2 is 1.65 bits per heavy atom. The van der Waals surface area contributed by atoms with Crippen molar-refractivity contribution < 1.29 is 28.6 Å². The number of nitrogens with one attached hydrogen (secondary N) is 2. The summed E-state index contributed by atoms with van der Waals surface area (Å²) in [6, 6.07) is 12.3. The second-order valence-corrected chi connectivity index (χ2v) is 17.3. The summed E-state index contributed by atoms with van der Waals surface area (Å²) in [7, 11) is 0. The molecular weight excluding hydrogens is 806 g/mol. The van der Waals surface area contributed by atoms with Gasteiger partial charge in [0.2, 0.25) is 5.91 Å². The Bertz CT molecular complexity index is 2420. The first-order valence-corrected chi connectivity index (χ1v) is 21.1. The molecule has 4 N–H and O–H groups in total. The SMILES string of the molecule is Cc1sc2c(c1C)C(c1ccc(Cl)cc1)=N[C@@H](CC(=O)NCCOCCOCCOCCNc1cc(-n3ncc4c3CC(C)(C)CC4=O)ccc1C(N)=O)c1nnc(C)n1-2. The number of carbonyl (C=O) groups is 3. The summed E-state index contributed by atoms with van der Waals surface area (Å²) < 4.78 is 20.8. The van der Waals surface area contributed by atoms with E-state index in [1.54, 1.807) is 34.3 Å². The number of aliphatic imine (C=N–C) groups is 1. The zero-order valence-corrected chi connectivity index (χ0v) is 36.0. The molecule has 7 rings (SSSR count). The second kappa shape index (κ2) is 18.6. The molecule has 3 aromatic heterocycles. The van der Waals surface area contributed by atoms with Crippen molar-refractivity contribution in [3.63, 3.8) is 0 Å². The second-order valence-electron chi connectivity index (χ2n) is 15.7. The molecule has 0 saturated heterocycles. The fraction of sp³-hybridized carbons (Fsp3) is 0.419. The van der Waals surface area contributed by atoms with Crippen molar-refractivity contribution in [1.82, 2.24) is 29.9 Å². The highest BCUT2D eigenvalue weighted by Gasteiger charge is 2.35. The number of anilines is 1. The van der Waals surface area contributed by atoms with E-state index in [-0.39, 0.29) is 23.5 Å². The number of nitrogens with two attached hydrogens (primary N) is 1. The van der Waals surface area contributed by atoms with Crippen LogP contribution in [-0.2, 0) is 25.4 Å². The van der Waals surface area contributed by atoms with Gasteiger partial charge in [-0.25, -0.2) is 4.68 Å². The van der Waals surface area contributed by atoms with Gasteiger partial charge < -0.3 is 30.6 Å². The third kappa shape index (κ3) is 9.53. The fourth-order valence-electron chi connectivity index (χ4n) is 7.51. The summed E-state index contributed by atoms with van der Waals surface area (Å²) in [5.74, 6) is 0.714. The van der Waals surface area contributed by atoms with Gasteiger partial charge in [0.15, 0.2) is 11.6 Å². The Kier molecular flexibility index (Phi) is 13.3. The van der Waals surface area contributed by atoms with Gasteiger partial charge in [0.05, 0.1) is 80.5 Å². The Hall–Kier alpha value is -5.26. The minimum atomic E-state index is -0.556. The van der Waals surface area contributed by atoms with Gasteiger partial charge in [-0.2, -0.15) is 5.10 Å². The maximum Gasteiger partial charge on any atom is 0.250 e. The van der Waals surface area contributed by atoms with Crippen molar-refractivity contribution in [3.8, 4) is 10.7 Å². The van der Waals surface area contributed by atoms with E-state index in [0.29, 0.717) is 93.2 Å². The Morgan fingerprint density at radius 1 is 0.950 bits per heavy atom. The standard InChI is InChI=1S/C43H50ClN9O6S/c1-25-26(2)60-42-38(25)39(28-6-8-29(44)9-7-28)49-34(41-51-50-27(3)52(41)42)21-37(55)47-13-15-58-17-19-59-18-16-57-14-12-46-33-20-30(10-11-31(33)40(45)56)53-35-22-43(4,5)23-36(54)32(35)24-48-53/h6-11,20,24,34,46H,12-19,21-23H2,1-5H3,(H2,45,56)(H,47,55)/t34-/m0/s1. The molecule has 17 heteroatoms. The average molecular weight is 856 g/mol. The molecule has 0 radical (unpaired) electrons. The molecule has 0 saturated carbocycles. The highest BCUT2D eigenvalue weighted by atomic mass is 35.5. The van der Waals surface area contributed by atoms with Gasteiger partial charge >= 0.3 is 0 Å². The average Bonchev–Trinajstić information content (AvgIpc) is 3.86. The van der Waals surface area contributed by atoms with Crippen molar-refractivity contribution >= 4 is 51.9 Å². The maximum atomic E-state index is 13.2. The minimum Gasteiger partial charge on any atom is -0.382 e. The van der Waals surface area contributed by atoms with Crippen LogP contribution in [-0.4, -0.2) is 101 Å². The highest BCUT2D eigenvalue weighted by Crippen LogP contribution is 2.40. The van der Waals surface area contributed by atoms with Crippen LogP contribution in [0.15, 0.2) is 53.7 Å². The lowest BCUT2D eigenvalue weighted by Crippen LogP contribution is -2.29. The zero-order valence-electron chi connectivity index (χ0n) is 34.5. The number of carbonyl (C=O) groups excluding carboxylic acids is 3. The molecule has 0 fully saturated rings. The van der Waals surface area contributed by atoms with E-state index < -0.39 is 11.9 Å². The van der Waals surface area contributed by atoms with E-state index in [9.17, 15) is 14.4 Å². The van der Waals surface area contributed by atoms with Crippen molar-refractivity contribution in [2.75, 3.05) is 58.0 Å². The molecule has 1 aliphatic heterocycles. The number of ether oxygens (including phenoxy) is 3.